The lowest BCUT2D eigenvalue weighted by Gasteiger charge is -2.53. The summed E-state index contributed by atoms with van der Waals surface area (Å²) in [5.41, 5.74) is 8.92. The number of hydrogen-bond donors (Lipinski definition) is 0. The third kappa shape index (κ3) is 6.08. The minimum absolute atomic E-state index is 0.139. The third-order valence-electron chi connectivity index (χ3n) is 8.39. The maximum atomic E-state index is 12.6. The largest absolute Gasteiger partial charge is 0.329 e. The van der Waals surface area contributed by atoms with Gasteiger partial charge in [0.2, 0.25) is 0 Å². The van der Waals surface area contributed by atoms with Crippen LogP contribution in [-0.4, -0.2) is 21.8 Å². The summed E-state index contributed by atoms with van der Waals surface area (Å²) in [6.07, 6.45) is 18.6. The number of ketones is 1. The van der Waals surface area contributed by atoms with Gasteiger partial charge in [-0.2, -0.15) is 0 Å². The van der Waals surface area contributed by atoms with Gasteiger partial charge in [-0.1, -0.05) is 81.3 Å². The van der Waals surface area contributed by atoms with E-state index < -0.39 is 0 Å². The molecule has 0 saturated carbocycles. The monoisotopic (exact) mass is 515 g/mol. The van der Waals surface area contributed by atoms with E-state index in [4.69, 9.17) is 0 Å². The van der Waals surface area contributed by atoms with Gasteiger partial charge >= 0.3 is 0 Å². The summed E-state index contributed by atoms with van der Waals surface area (Å²) in [5, 5.41) is 0.356. The summed E-state index contributed by atoms with van der Waals surface area (Å²) < 4.78 is 0. The standard InChI is InChI=1S/C34H45NOS/c1-7-9-10-14-27-18-19-31(29-16-11-13-23(3)20-29)32(21-27)28(8-2)15-12-17-30-22-37-34-24(4)25(5)35(34)33(30)26(6)36/h8,12,17-21,24,28-29,34H,2,5,7,9-11,13-16,22H2,1,3-4,6H3/b17-12+. The molecule has 0 amide bonds. The molecule has 2 nitrogen and oxygen atoms in total. The molecular formula is C34H45NOS. The van der Waals surface area contributed by atoms with Crippen LogP contribution in [0.2, 0.25) is 0 Å². The summed E-state index contributed by atoms with van der Waals surface area (Å²) in [6.45, 7) is 16.9. The third-order valence-corrected chi connectivity index (χ3v) is 9.83. The number of carbonyl (C=O) groups excluding carboxylic acids is 1. The average molecular weight is 516 g/mol. The van der Waals surface area contributed by atoms with Crippen LogP contribution in [0.4, 0.5) is 0 Å². The van der Waals surface area contributed by atoms with Gasteiger partial charge in [-0.25, -0.2) is 0 Å². The molecule has 1 aliphatic carbocycles. The van der Waals surface area contributed by atoms with Gasteiger partial charge in [0.25, 0.3) is 0 Å². The van der Waals surface area contributed by atoms with Crippen LogP contribution in [0.3, 0.4) is 0 Å². The van der Waals surface area contributed by atoms with Crippen molar-refractivity contribution in [3.05, 3.63) is 94.9 Å². The molecule has 1 fully saturated rings. The van der Waals surface area contributed by atoms with Crippen molar-refractivity contribution in [2.75, 3.05) is 5.75 Å². The number of allylic oxidation sites excluding steroid dienone is 6. The highest BCUT2D eigenvalue weighted by atomic mass is 32.2. The summed E-state index contributed by atoms with van der Waals surface area (Å²) in [5.74, 6) is 2.22. The Bertz CT molecular complexity index is 1120. The lowest BCUT2D eigenvalue weighted by atomic mass is 9.79. The molecule has 1 aromatic carbocycles. The van der Waals surface area contributed by atoms with Crippen LogP contribution in [0.25, 0.3) is 0 Å². The second-order valence-corrected chi connectivity index (χ2v) is 12.3. The summed E-state index contributed by atoms with van der Waals surface area (Å²) in [4.78, 5) is 14.8. The van der Waals surface area contributed by atoms with E-state index in [0.29, 0.717) is 17.2 Å². The molecule has 3 heteroatoms. The molecule has 0 spiro atoms. The van der Waals surface area contributed by atoms with Crippen LogP contribution in [-0.2, 0) is 11.2 Å². The molecule has 4 rings (SSSR count). The minimum atomic E-state index is 0.139. The zero-order valence-electron chi connectivity index (χ0n) is 23.4. The van der Waals surface area contributed by atoms with Crippen molar-refractivity contribution < 1.29 is 4.79 Å². The number of fused-ring (bicyclic) bond motifs is 1. The lowest BCUT2D eigenvalue weighted by molar-refractivity contribution is -0.115. The van der Waals surface area contributed by atoms with Crippen molar-refractivity contribution in [2.45, 2.75) is 96.3 Å². The van der Waals surface area contributed by atoms with Gasteiger partial charge in [0.1, 0.15) is 0 Å². The van der Waals surface area contributed by atoms with E-state index in [1.54, 1.807) is 6.92 Å². The lowest BCUT2D eigenvalue weighted by Crippen LogP contribution is -2.53. The Morgan fingerprint density at radius 2 is 2.11 bits per heavy atom. The van der Waals surface area contributed by atoms with E-state index >= 15 is 0 Å². The van der Waals surface area contributed by atoms with E-state index in [2.05, 4.69) is 81.3 Å². The fourth-order valence-electron chi connectivity index (χ4n) is 6.18. The molecule has 4 atom stereocenters. The molecule has 1 saturated heterocycles. The first kappa shape index (κ1) is 27.8. The van der Waals surface area contributed by atoms with Crippen LogP contribution < -0.4 is 0 Å². The molecule has 2 aliphatic heterocycles. The number of benzene rings is 1. The summed E-state index contributed by atoms with van der Waals surface area (Å²) >= 11 is 1.92. The number of carbonyl (C=O) groups is 1. The Balaban J connectivity index is 1.60. The normalized spacial score (nSPS) is 24.5. The zero-order chi connectivity index (χ0) is 26.5. The van der Waals surface area contributed by atoms with Gasteiger partial charge in [-0.05, 0) is 67.7 Å². The highest BCUT2D eigenvalue weighted by molar-refractivity contribution is 8.00. The number of hydrogen-bond acceptors (Lipinski definition) is 3. The highest BCUT2D eigenvalue weighted by Gasteiger charge is 2.45. The summed E-state index contributed by atoms with van der Waals surface area (Å²) in [6, 6.07) is 7.24. The van der Waals surface area contributed by atoms with Crippen LogP contribution in [0, 0.1) is 5.92 Å². The maximum Gasteiger partial charge on any atom is 0.176 e. The van der Waals surface area contributed by atoms with Crippen molar-refractivity contribution in [2.24, 2.45) is 5.92 Å². The second kappa shape index (κ2) is 12.5. The number of unbranched alkanes of at least 4 members (excludes halogenated alkanes) is 2. The maximum absolute atomic E-state index is 12.6. The number of thioether (sulfide) groups is 1. The second-order valence-electron chi connectivity index (χ2n) is 11.2. The summed E-state index contributed by atoms with van der Waals surface area (Å²) in [7, 11) is 0. The van der Waals surface area contributed by atoms with Crippen molar-refractivity contribution in [3.8, 4) is 0 Å². The van der Waals surface area contributed by atoms with Gasteiger partial charge in [0.05, 0.1) is 11.1 Å². The molecule has 37 heavy (non-hydrogen) atoms. The first-order valence-corrected chi connectivity index (χ1v) is 15.3. The van der Waals surface area contributed by atoms with Crippen molar-refractivity contribution in [3.63, 3.8) is 0 Å². The van der Waals surface area contributed by atoms with Crippen molar-refractivity contribution >= 4 is 17.5 Å². The Kier molecular flexibility index (Phi) is 9.40. The van der Waals surface area contributed by atoms with Gasteiger partial charge in [-0.15, -0.1) is 18.3 Å². The molecule has 0 radical (unpaired) electrons. The van der Waals surface area contributed by atoms with Gasteiger partial charge < -0.3 is 4.90 Å². The van der Waals surface area contributed by atoms with Crippen molar-refractivity contribution in [1.82, 2.24) is 4.90 Å². The zero-order valence-corrected chi connectivity index (χ0v) is 24.2. The molecule has 3 aliphatic rings. The molecule has 0 aromatic heterocycles. The Hall–Kier alpha value is -2.26. The molecule has 0 bridgehead atoms. The smallest absolute Gasteiger partial charge is 0.176 e. The number of rotatable bonds is 11. The van der Waals surface area contributed by atoms with E-state index in [1.807, 2.05) is 11.8 Å². The number of nitrogens with zero attached hydrogens (tertiary/aromatic N) is 1. The highest BCUT2D eigenvalue weighted by Crippen LogP contribution is 2.49. The van der Waals surface area contributed by atoms with E-state index in [1.165, 1.54) is 60.8 Å². The molecule has 2 heterocycles. The van der Waals surface area contributed by atoms with Crippen molar-refractivity contribution in [1.29, 1.82) is 0 Å². The fraction of sp³-hybridized carbons (Fsp3) is 0.500. The van der Waals surface area contributed by atoms with Crippen LogP contribution in [0.1, 0.15) is 101 Å². The fourth-order valence-corrected chi connectivity index (χ4v) is 7.60. The quantitative estimate of drug-likeness (QED) is 0.216. The SMILES string of the molecule is C=CC(C/C=C/C1=C(C(C)=O)N2C(=C)C(C)C2SC1)c1cc(CCCCC)ccc1C1C=C(C)CCC1. The van der Waals surface area contributed by atoms with E-state index in [0.717, 1.165) is 35.6 Å². The van der Waals surface area contributed by atoms with Crippen LogP contribution >= 0.6 is 11.8 Å². The first-order chi connectivity index (χ1) is 17.8. The van der Waals surface area contributed by atoms with Gasteiger partial charge in [0, 0.05) is 36.1 Å². The van der Waals surface area contributed by atoms with E-state index in [9.17, 15) is 4.79 Å². The average Bonchev–Trinajstić information content (AvgIpc) is 2.90. The number of aryl methyl sites for hydroxylation is 1. The van der Waals surface area contributed by atoms with Gasteiger partial charge in [-0.3, -0.25) is 4.79 Å². The Morgan fingerprint density at radius 1 is 1.30 bits per heavy atom. The molecule has 4 unspecified atom stereocenters. The molecule has 1 aromatic rings. The predicted molar refractivity (Wildman–Crippen MR) is 161 cm³/mol. The molecule has 0 N–H and O–H groups in total. The minimum Gasteiger partial charge on any atom is -0.329 e. The number of Topliss-reactive ketones (excluding diaryl/α,β-unsaturated/α-hetero) is 1. The molecular weight excluding hydrogens is 470 g/mol. The van der Waals surface area contributed by atoms with E-state index in [-0.39, 0.29) is 11.7 Å². The first-order valence-electron chi connectivity index (χ1n) is 14.3. The molecule has 198 valence electrons. The Morgan fingerprint density at radius 3 is 2.81 bits per heavy atom. The van der Waals surface area contributed by atoms with Crippen LogP contribution in [0.5, 0.6) is 0 Å². The van der Waals surface area contributed by atoms with Gasteiger partial charge in [0.15, 0.2) is 5.78 Å². The van der Waals surface area contributed by atoms with Crippen LogP contribution in [0.15, 0.2) is 78.2 Å². The predicted octanol–water partition coefficient (Wildman–Crippen LogP) is 9.23. The topological polar surface area (TPSA) is 20.3 Å². The Labute approximate surface area is 229 Å².